The Labute approximate surface area is 128 Å². The predicted molar refractivity (Wildman–Crippen MR) is 81.8 cm³/mol. The monoisotopic (exact) mass is 298 g/mol. The van der Waals surface area contributed by atoms with Crippen LogP contribution in [0.3, 0.4) is 0 Å². The zero-order chi connectivity index (χ0) is 15.5. The second-order valence-electron chi connectivity index (χ2n) is 6.24. The van der Waals surface area contributed by atoms with Crippen LogP contribution in [0.5, 0.6) is 0 Å². The van der Waals surface area contributed by atoms with Crippen LogP contribution in [0.15, 0.2) is 0 Å². The highest BCUT2D eigenvalue weighted by atomic mass is 16.5. The number of carbonyl (C=O) groups is 2. The summed E-state index contributed by atoms with van der Waals surface area (Å²) in [6, 6.07) is 0. The van der Waals surface area contributed by atoms with Gasteiger partial charge in [-0.1, -0.05) is 39.5 Å². The Kier molecular flexibility index (Phi) is 9.11. The van der Waals surface area contributed by atoms with E-state index >= 15 is 0 Å². The summed E-state index contributed by atoms with van der Waals surface area (Å²) in [4.78, 5) is 23.1. The predicted octanol–water partition coefficient (Wildman–Crippen LogP) is 3.87. The number of carbonyl (C=O) groups excluding carboxylic acids is 2. The maximum Gasteiger partial charge on any atom is 0.305 e. The van der Waals surface area contributed by atoms with Crippen molar-refractivity contribution in [1.82, 2.24) is 0 Å². The Morgan fingerprint density at radius 3 is 2.29 bits per heavy atom. The van der Waals surface area contributed by atoms with Crippen molar-refractivity contribution in [2.75, 3.05) is 13.2 Å². The Morgan fingerprint density at radius 1 is 1.05 bits per heavy atom. The minimum absolute atomic E-state index is 0.185. The van der Waals surface area contributed by atoms with Crippen LogP contribution in [0.25, 0.3) is 0 Å². The summed E-state index contributed by atoms with van der Waals surface area (Å²) in [6.45, 7) is 5.15. The lowest BCUT2D eigenvalue weighted by molar-refractivity contribution is -0.147. The average molecular weight is 298 g/mol. The third-order valence-electron chi connectivity index (χ3n) is 4.19. The molecule has 1 aliphatic rings. The van der Waals surface area contributed by atoms with E-state index in [-0.39, 0.29) is 11.9 Å². The van der Waals surface area contributed by atoms with Gasteiger partial charge < -0.3 is 9.47 Å². The van der Waals surface area contributed by atoms with Crippen molar-refractivity contribution < 1.29 is 19.1 Å². The molecule has 0 aromatic rings. The Morgan fingerprint density at radius 2 is 1.67 bits per heavy atom. The zero-order valence-electron chi connectivity index (χ0n) is 13.6. The summed E-state index contributed by atoms with van der Waals surface area (Å²) in [5.41, 5.74) is 0. The molecule has 4 nitrogen and oxygen atoms in total. The van der Waals surface area contributed by atoms with Crippen molar-refractivity contribution in [2.45, 2.75) is 71.6 Å². The second-order valence-corrected chi connectivity index (χ2v) is 6.24. The molecule has 0 radical (unpaired) electrons. The maximum absolute atomic E-state index is 11.6. The molecule has 21 heavy (non-hydrogen) atoms. The molecule has 1 unspecified atom stereocenters. The van der Waals surface area contributed by atoms with Crippen LogP contribution in [0.1, 0.15) is 71.6 Å². The van der Waals surface area contributed by atoms with Crippen molar-refractivity contribution in [1.29, 1.82) is 0 Å². The Bertz CT molecular complexity index is 308. The van der Waals surface area contributed by atoms with E-state index in [9.17, 15) is 9.59 Å². The molecule has 0 spiro atoms. The highest BCUT2D eigenvalue weighted by molar-refractivity contribution is 5.72. The molecule has 1 atom stereocenters. The van der Waals surface area contributed by atoms with E-state index in [0.29, 0.717) is 44.3 Å². The van der Waals surface area contributed by atoms with Gasteiger partial charge in [-0.3, -0.25) is 9.59 Å². The number of hydrogen-bond acceptors (Lipinski definition) is 4. The normalized spacial score (nSPS) is 17.2. The summed E-state index contributed by atoms with van der Waals surface area (Å²) in [6.07, 6.45) is 8.30. The molecule has 1 saturated carbocycles. The van der Waals surface area contributed by atoms with Gasteiger partial charge >= 0.3 is 11.9 Å². The molecular formula is C17H30O4. The lowest BCUT2D eigenvalue weighted by Gasteiger charge is -2.20. The zero-order valence-corrected chi connectivity index (χ0v) is 13.6. The van der Waals surface area contributed by atoms with Gasteiger partial charge in [-0.15, -0.1) is 0 Å². The minimum Gasteiger partial charge on any atom is -0.465 e. The van der Waals surface area contributed by atoms with Crippen LogP contribution in [-0.2, 0) is 19.1 Å². The van der Waals surface area contributed by atoms with Crippen LogP contribution in [0.2, 0.25) is 0 Å². The molecule has 0 amide bonds. The van der Waals surface area contributed by atoms with E-state index in [1.807, 2.05) is 0 Å². The molecule has 0 saturated heterocycles. The van der Waals surface area contributed by atoms with Crippen molar-refractivity contribution >= 4 is 11.9 Å². The number of ether oxygens (including phenoxy) is 2. The second kappa shape index (κ2) is 10.6. The molecule has 0 aromatic carbocycles. The molecule has 4 heteroatoms. The molecule has 1 fully saturated rings. The van der Waals surface area contributed by atoms with E-state index in [1.54, 1.807) is 0 Å². The number of hydrogen-bond donors (Lipinski definition) is 0. The summed E-state index contributed by atoms with van der Waals surface area (Å²) < 4.78 is 10.4. The molecule has 0 N–H and O–H groups in total. The molecule has 122 valence electrons. The molecular weight excluding hydrogens is 268 g/mol. The molecule has 0 aliphatic heterocycles. The largest absolute Gasteiger partial charge is 0.465 e. The van der Waals surface area contributed by atoms with Gasteiger partial charge in [0.2, 0.25) is 0 Å². The van der Waals surface area contributed by atoms with Crippen LogP contribution in [0, 0.1) is 11.8 Å². The topological polar surface area (TPSA) is 52.6 Å². The first kappa shape index (κ1) is 18.0. The van der Waals surface area contributed by atoms with Gasteiger partial charge in [0.25, 0.3) is 0 Å². The highest BCUT2D eigenvalue weighted by Crippen LogP contribution is 2.23. The van der Waals surface area contributed by atoms with E-state index < -0.39 is 0 Å². The molecule has 1 aliphatic carbocycles. The van der Waals surface area contributed by atoms with Gasteiger partial charge in [0.1, 0.15) is 0 Å². The van der Waals surface area contributed by atoms with E-state index in [1.165, 1.54) is 32.1 Å². The molecule has 0 aromatic heterocycles. The van der Waals surface area contributed by atoms with Crippen LogP contribution in [-0.4, -0.2) is 25.2 Å². The van der Waals surface area contributed by atoms with Gasteiger partial charge in [-0.25, -0.2) is 0 Å². The van der Waals surface area contributed by atoms with Crippen molar-refractivity contribution in [2.24, 2.45) is 11.8 Å². The average Bonchev–Trinajstić information content (AvgIpc) is 2.51. The SMILES string of the molecule is CCC(C)COC(=O)CCCC(=O)OCC1CCCCC1. The maximum atomic E-state index is 11.6. The lowest BCUT2D eigenvalue weighted by atomic mass is 9.90. The Hall–Kier alpha value is -1.06. The molecule has 0 bridgehead atoms. The van der Waals surface area contributed by atoms with E-state index in [2.05, 4.69) is 13.8 Å². The van der Waals surface area contributed by atoms with Crippen molar-refractivity contribution in [3.63, 3.8) is 0 Å². The molecule has 0 heterocycles. The summed E-state index contributed by atoms with van der Waals surface area (Å²) in [5.74, 6) is 0.545. The van der Waals surface area contributed by atoms with Crippen LogP contribution in [0.4, 0.5) is 0 Å². The molecule has 1 rings (SSSR count). The standard InChI is InChI=1S/C17H30O4/c1-3-14(2)12-20-16(18)10-7-11-17(19)21-13-15-8-5-4-6-9-15/h14-15H,3-13H2,1-2H3. The fourth-order valence-corrected chi connectivity index (χ4v) is 2.44. The third kappa shape index (κ3) is 8.74. The third-order valence-corrected chi connectivity index (χ3v) is 4.19. The van der Waals surface area contributed by atoms with E-state index in [0.717, 1.165) is 6.42 Å². The van der Waals surface area contributed by atoms with Gasteiger partial charge in [0.05, 0.1) is 13.2 Å². The fraction of sp³-hybridized carbons (Fsp3) is 0.882. The van der Waals surface area contributed by atoms with Crippen LogP contribution >= 0.6 is 0 Å². The van der Waals surface area contributed by atoms with Crippen molar-refractivity contribution in [3.8, 4) is 0 Å². The minimum atomic E-state index is -0.213. The van der Waals surface area contributed by atoms with E-state index in [4.69, 9.17) is 9.47 Å². The first-order chi connectivity index (χ1) is 10.1. The summed E-state index contributed by atoms with van der Waals surface area (Å²) in [7, 11) is 0. The first-order valence-electron chi connectivity index (χ1n) is 8.43. The number of rotatable bonds is 9. The summed E-state index contributed by atoms with van der Waals surface area (Å²) in [5, 5.41) is 0. The van der Waals surface area contributed by atoms with Gasteiger partial charge in [-0.05, 0) is 31.1 Å². The van der Waals surface area contributed by atoms with Crippen LogP contribution < -0.4 is 0 Å². The van der Waals surface area contributed by atoms with Crippen molar-refractivity contribution in [3.05, 3.63) is 0 Å². The van der Waals surface area contributed by atoms with Gasteiger partial charge in [0.15, 0.2) is 0 Å². The highest BCUT2D eigenvalue weighted by Gasteiger charge is 2.15. The summed E-state index contributed by atoms with van der Waals surface area (Å²) >= 11 is 0. The lowest BCUT2D eigenvalue weighted by Crippen LogP contribution is -2.17. The Balaban J connectivity index is 2.00. The first-order valence-corrected chi connectivity index (χ1v) is 8.43. The quantitative estimate of drug-likeness (QED) is 0.606. The number of esters is 2. The van der Waals surface area contributed by atoms with Gasteiger partial charge in [0, 0.05) is 12.8 Å². The van der Waals surface area contributed by atoms with Gasteiger partial charge in [-0.2, -0.15) is 0 Å². The smallest absolute Gasteiger partial charge is 0.305 e. The fourth-order valence-electron chi connectivity index (χ4n) is 2.44.